The Balaban J connectivity index is 3.23. The maximum atomic E-state index is 4.20. The first-order chi connectivity index (χ1) is 5.16. The first-order valence-electron chi connectivity index (χ1n) is 3.93. The van der Waals surface area contributed by atoms with Crippen molar-refractivity contribution in [2.75, 3.05) is 5.75 Å². The molecule has 1 N–H and O–H groups in total. The number of hydrogen-bond donors (Lipinski definition) is 2. The Morgan fingerprint density at radius 3 is 2.82 bits per heavy atom. The summed E-state index contributed by atoms with van der Waals surface area (Å²) in [6.07, 6.45) is 2.50. The van der Waals surface area contributed by atoms with Crippen molar-refractivity contribution in [3.63, 3.8) is 0 Å². The molecule has 0 heterocycles. The molecule has 0 saturated heterocycles. The summed E-state index contributed by atoms with van der Waals surface area (Å²) in [6.45, 7) is 8.06. The van der Waals surface area contributed by atoms with Crippen LogP contribution in [-0.4, -0.2) is 11.1 Å². The van der Waals surface area contributed by atoms with Crippen LogP contribution in [0.4, 0.5) is 0 Å². The van der Waals surface area contributed by atoms with E-state index in [2.05, 4.69) is 31.4 Å². The van der Waals surface area contributed by atoms with E-state index in [0.29, 0.717) is 0 Å². The highest BCUT2D eigenvalue weighted by Gasteiger charge is 1.96. The average molecular weight is 191 g/mol. The first kappa shape index (κ1) is 11.2. The summed E-state index contributed by atoms with van der Waals surface area (Å²) in [7, 11) is 0. The third-order valence-corrected chi connectivity index (χ3v) is 2.23. The molecule has 0 bridgehead atoms. The monoisotopic (exact) mass is 191 g/mol. The molecule has 1 atom stereocenters. The average Bonchev–Trinajstić information content (AvgIpc) is 1.86. The molecular weight excluding hydrogens is 174 g/mol. The smallest absolute Gasteiger partial charge is 0.0669 e. The molecule has 1 unspecified atom stereocenters. The van der Waals surface area contributed by atoms with Crippen molar-refractivity contribution in [1.29, 1.82) is 0 Å². The maximum absolute atomic E-state index is 4.20. The van der Waals surface area contributed by atoms with Crippen molar-refractivity contribution < 1.29 is 0 Å². The van der Waals surface area contributed by atoms with Crippen LogP contribution < -0.4 is 5.32 Å². The lowest BCUT2D eigenvalue weighted by atomic mass is 10.4. The molecule has 0 spiro atoms. The zero-order valence-electron chi connectivity index (χ0n) is 7.26. The number of thioether (sulfide) groups is 1. The lowest BCUT2D eigenvalue weighted by Gasteiger charge is -2.10. The van der Waals surface area contributed by atoms with Crippen molar-refractivity contribution in [1.82, 2.24) is 5.32 Å². The van der Waals surface area contributed by atoms with E-state index in [9.17, 15) is 0 Å². The van der Waals surface area contributed by atoms with E-state index in [0.717, 1.165) is 10.8 Å². The number of rotatable bonds is 6. The van der Waals surface area contributed by atoms with Gasteiger partial charge in [-0.15, -0.1) is 11.8 Å². The quantitative estimate of drug-likeness (QED) is 0.380. The maximum Gasteiger partial charge on any atom is 0.0669 e. The van der Waals surface area contributed by atoms with Crippen molar-refractivity contribution in [2.45, 2.75) is 32.1 Å². The largest absolute Gasteiger partial charge is 0.369 e. The Morgan fingerprint density at radius 2 is 2.36 bits per heavy atom. The second kappa shape index (κ2) is 6.92. The lowest BCUT2D eigenvalue weighted by molar-refractivity contribution is 0.848. The second-order valence-corrected chi connectivity index (χ2v) is 4.41. The third-order valence-electron chi connectivity index (χ3n) is 1.14. The number of nitrogens with one attached hydrogen (secondary N) is 1. The van der Waals surface area contributed by atoms with E-state index in [1.807, 2.05) is 6.92 Å². The molecular formula is C8H17NS2. The second-order valence-electron chi connectivity index (χ2n) is 2.45. The fourth-order valence-electron chi connectivity index (χ4n) is 0.614. The Morgan fingerprint density at radius 1 is 1.73 bits per heavy atom. The number of thiol groups is 1. The van der Waals surface area contributed by atoms with Crippen LogP contribution in [0.25, 0.3) is 0 Å². The highest BCUT2D eigenvalue weighted by Crippen LogP contribution is 2.13. The van der Waals surface area contributed by atoms with E-state index in [-0.39, 0.29) is 5.37 Å². The van der Waals surface area contributed by atoms with Crippen LogP contribution in [0.2, 0.25) is 0 Å². The molecule has 0 aromatic carbocycles. The van der Waals surface area contributed by atoms with Crippen LogP contribution in [0.1, 0.15) is 26.7 Å². The van der Waals surface area contributed by atoms with Gasteiger partial charge in [0.05, 0.1) is 10.4 Å². The molecule has 3 heteroatoms. The highest BCUT2D eigenvalue weighted by atomic mass is 32.2. The normalized spacial score (nSPS) is 12.6. The summed E-state index contributed by atoms with van der Waals surface area (Å²) >= 11 is 5.97. The minimum Gasteiger partial charge on any atom is -0.369 e. The Hall–Kier alpha value is 0.240. The SMILES string of the molecule is C=C(NC(C)S)SCCCC. The van der Waals surface area contributed by atoms with Crippen LogP contribution in [0.15, 0.2) is 11.6 Å². The Labute approximate surface area is 79.4 Å². The number of hydrogen-bond acceptors (Lipinski definition) is 3. The summed E-state index contributed by atoms with van der Waals surface area (Å²) in [5.74, 6) is 1.16. The molecule has 0 aromatic rings. The van der Waals surface area contributed by atoms with Gasteiger partial charge in [0.15, 0.2) is 0 Å². The zero-order chi connectivity index (χ0) is 8.69. The topological polar surface area (TPSA) is 12.0 Å². The van der Waals surface area contributed by atoms with Gasteiger partial charge in [0.2, 0.25) is 0 Å². The molecule has 11 heavy (non-hydrogen) atoms. The van der Waals surface area contributed by atoms with Gasteiger partial charge in [0, 0.05) is 0 Å². The highest BCUT2D eigenvalue weighted by molar-refractivity contribution is 8.03. The van der Waals surface area contributed by atoms with Crippen LogP contribution in [0.3, 0.4) is 0 Å². The summed E-state index contributed by atoms with van der Waals surface area (Å²) in [5.41, 5.74) is 0. The van der Waals surface area contributed by atoms with Gasteiger partial charge >= 0.3 is 0 Å². The third kappa shape index (κ3) is 8.14. The predicted octanol–water partition coefficient (Wildman–Crippen LogP) is 2.86. The van der Waals surface area contributed by atoms with E-state index >= 15 is 0 Å². The minimum atomic E-state index is 0.205. The molecule has 0 amide bonds. The van der Waals surface area contributed by atoms with Crippen molar-refractivity contribution in [3.8, 4) is 0 Å². The first-order valence-corrected chi connectivity index (χ1v) is 5.43. The molecule has 0 aliphatic heterocycles. The van der Waals surface area contributed by atoms with Crippen LogP contribution in [0, 0.1) is 0 Å². The molecule has 0 saturated carbocycles. The van der Waals surface area contributed by atoms with E-state index in [4.69, 9.17) is 0 Å². The summed E-state index contributed by atoms with van der Waals surface area (Å²) < 4.78 is 0. The van der Waals surface area contributed by atoms with Crippen LogP contribution >= 0.6 is 24.4 Å². The van der Waals surface area contributed by atoms with Crippen LogP contribution in [-0.2, 0) is 0 Å². The minimum absolute atomic E-state index is 0.205. The Bertz CT molecular complexity index is 113. The van der Waals surface area contributed by atoms with E-state index < -0.39 is 0 Å². The molecule has 0 radical (unpaired) electrons. The molecule has 0 aromatic heterocycles. The molecule has 0 rings (SSSR count). The standard InChI is InChI=1S/C8H17NS2/c1-4-5-6-11-8(3)9-7(2)10/h7,9-10H,3-6H2,1-2H3. The summed E-state index contributed by atoms with van der Waals surface area (Å²) in [5, 5.41) is 4.37. The van der Waals surface area contributed by atoms with Crippen LogP contribution in [0.5, 0.6) is 0 Å². The molecule has 0 fully saturated rings. The molecule has 0 aliphatic carbocycles. The van der Waals surface area contributed by atoms with Gasteiger partial charge < -0.3 is 5.32 Å². The van der Waals surface area contributed by atoms with Gasteiger partial charge in [-0.05, 0) is 19.1 Å². The van der Waals surface area contributed by atoms with Gasteiger partial charge in [0.25, 0.3) is 0 Å². The Kier molecular flexibility index (Phi) is 7.07. The fourth-order valence-corrected chi connectivity index (χ4v) is 1.80. The van der Waals surface area contributed by atoms with Gasteiger partial charge in [0.1, 0.15) is 0 Å². The molecule has 66 valence electrons. The molecule has 1 nitrogen and oxygen atoms in total. The van der Waals surface area contributed by atoms with Gasteiger partial charge in [-0.1, -0.05) is 19.9 Å². The summed E-state index contributed by atoms with van der Waals surface area (Å²) in [6, 6.07) is 0. The zero-order valence-corrected chi connectivity index (χ0v) is 8.97. The fraction of sp³-hybridized carbons (Fsp3) is 0.750. The van der Waals surface area contributed by atoms with E-state index in [1.54, 1.807) is 11.8 Å². The van der Waals surface area contributed by atoms with Gasteiger partial charge in [-0.25, -0.2) is 0 Å². The lowest BCUT2D eigenvalue weighted by Crippen LogP contribution is -2.17. The predicted molar refractivity (Wildman–Crippen MR) is 58.1 cm³/mol. The summed E-state index contributed by atoms with van der Waals surface area (Å²) in [4.78, 5) is 0. The van der Waals surface area contributed by atoms with E-state index in [1.165, 1.54) is 12.8 Å². The van der Waals surface area contributed by atoms with Crippen molar-refractivity contribution >= 4 is 24.4 Å². The molecule has 0 aliphatic rings. The number of unbranched alkanes of at least 4 members (excludes halogenated alkanes) is 1. The van der Waals surface area contributed by atoms with Gasteiger partial charge in [-0.3, -0.25) is 0 Å². The van der Waals surface area contributed by atoms with Crippen molar-refractivity contribution in [3.05, 3.63) is 11.6 Å². The van der Waals surface area contributed by atoms with Crippen molar-refractivity contribution in [2.24, 2.45) is 0 Å². The van der Waals surface area contributed by atoms with Gasteiger partial charge in [-0.2, -0.15) is 12.6 Å².